The summed E-state index contributed by atoms with van der Waals surface area (Å²) in [5, 5.41) is 14.5. The number of aryl methyl sites for hydroxylation is 1. The van der Waals surface area contributed by atoms with Crippen LogP contribution in [0.4, 0.5) is 0 Å². The quantitative estimate of drug-likeness (QED) is 0.655. The summed E-state index contributed by atoms with van der Waals surface area (Å²) >= 11 is 0. The van der Waals surface area contributed by atoms with Gasteiger partial charge in [-0.2, -0.15) is 0 Å². The van der Waals surface area contributed by atoms with Gasteiger partial charge >= 0.3 is 0 Å². The molecule has 0 atom stereocenters. The van der Waals surface area contributed by atoms with Crippen LogP contribution in [0.1, 0.15) is 32.0 Å². The molecule has 0 bridgehead atoms. The van der Waals surface area contributed by atoms with E-state index in [1.165, 1.54) is 12.8 Å². The fraction of sp³-hybridized carbons (Fsp3) is 0.875. The predicted octanol–water partition coefficient (Wildman–Crippen LogP) is 0.583. The largest absolute Gasteiger partial charge is 0.313 e. The van der Waals surface area contributed by atoms with Gasteiger partial charge in [0, 0.05) is 6.54 Å². The predicted molar refractivity (Wildman–Crippen MR) is 50.1 cm³/mol. The van der Waals surface area contributed by atoms with Crippen LogP contribution in [-0.2, 0) is 13.1 Å². The number of nitrogens with zero attached hydrogens (tertiary/aromatic N) is 4. The van der Waals surface area contributed by atoms with Crippen molar-refractivity contribution in [3.63, 3.8) is 0 Å². The molecule has 0 spiro atoms. The van der Waals surface area contributed by atoms with E-state index in [4.69, 9.17) is 0 Å². The maximum Gasteiger partial charge on any atom is 0.165 e. The van der Waals surface area contributed by atoms with Crippen molar-refractivity contribution in [2.24, 2.45) is 0 Å². The van der Waals surface area contributed by atoms with Gasteiger partial charge in [0.1, 0.15) is 0 Å². The van der Waals surface area contributed by atoms with E-state index in [1.54, 1.807) is 0 Å². The minimum Gasteiger partial charge on any atom is -0.313 e. The van der Waals surface area contributed by atoms with Crippen LogP contribution in [0.5, 0.6) is 0 Å². The Labute approximate surface area is 78.5 Å². The Hall–Kier alpha value is -0.970. The summed E-state index contributed by atoms with van der Waals surface area (Å²) in [6.07, 6.45) is 3.61. The highest BCUT2D eigenvalue weighted by Crippen LogP contribution is 1.99. The van der Waals surface area contributed by atoms with Crippen LogP contribution in [0.25, 0.3) is 0 Å². The second-order valence-electron chi connectivity index (χ2n) is 3.06. The van der Waals surface area contributed by atoms with Crippen molar-refractivity contribution in [2.45, 2.75) is 39.3 Å². The van der Waals surface area contributed by atoms with Gasteiger partial charge in [0.2, 0.25) is 0 Å². The van der Waals surface area contributed by atoms with Crippen LogP contribution in [0, 0.1) is 0 Å². The van der Waals surface area contributed by atoms with Gasteiger partial charge < -0.3 is 5.32 Å². The standard InChI is InChI=1S/C8H17N5/c1-3-4-5-6-13-8(7-9-2)10-11-12-13/h9H,3-7H2,1-2H3. The molecular weight excluding hydrogens is 166 g/mol. The lowest BCUT2D eigenvalue weighted by molar-refractivity contribution is 0.513. The van der Waals surface area contributed by atoms with Crippen LogP contribution >= 0.6 is 0 Å². The Morgan fingerprint density at radius 2 is 2.23 bits per heavy atom. The SMILES string of the molecule is CCCCCn1nnnc1CNC. The lowest BCUT2D eigenvalue weighted by Crippen LogP contribution is -2.13. The van der Waals surface area contributed by atoms with Crippen LogP contribution in [0.15, 0.2) is 0 Å². The van der Waals surface area contributed by atoms with Gasteiger partial charge in [-0.3, -0.25) is 0 Å². The molecule has 1 heterocycles. The zero-order valence-electron chi connectivity index (χ0n) is 8.32. The molecule has 0 aliphatic rings. The van der Waals surface area contributed by atoms with Crippen LogP contribution in [0.2, 0.25) is 0 Å². The van der Waals surface area contributed by atoms with Crippen LogP contribution in [0.3, 0.4) is 0 Å². The first-order chi connectivity index (χ1) is 6.38. The highest BCUT2D eigenvalue weighted by molar-refractivity contribution is 4.78. The minimum atomic E-state index is 0.735. The molecule has 74 valence electrons. The molecule has 5 nitrogen and oxygen atoms in total. The summed E-state index contributed by atoms with van der Waals surface area (Å²) in [6, 6.07) is 0. The first-order valence-electron chi connectivity index (χ1n) is 4.78. The number of nitrogens with one attached hydrogen (secondary N) is 1. The normalized spacial score (nSPS) is 10.6. The summed E-state index contributed by atoms with van der Waals surface area (Å²) < 4.78 is 1.87. The maximum absolute atomic E-state index is 3.92. The van der Waals surface area contributed by atoms with E-state index in [-0.39, 0.29) is 0 Å². The number of hydrogen-bond donors (Lipinski definition) is 1. The molecule has 0 fully saturated rings. The van der Waals surface area contributed by atoms with Gasteiger partial charge in [0.25, 0.3) is 0 Å². The zero-order chi connectivity index (χ0) is 9.52. The highest BCUT2D eigenvalue weighted by Gasteiger charge is 2.02. The third-order valence-electron chi connectivity index (χ3n) is 1.91. The van der Waals surface area contributed by atoms with Crippen molar-refractivity contribution in [3.05, 3.63) is 5.82 Å². The first-order valence-corrected chi connectivity index (χ1v) is 4.78. The molecule has 1 aromatic heterocycles. The Morgan fingerprint density at radius 3 is 2.92 bits per heavy atom. The van der Waals surface area contributed by atoms with E-state index >= 15 is 0 Å². The van der Waals surface area contributed by atoms with Gasteiger partial charge in [0.15, 0.2) is 5.82 Å². The molecule has 0 saturated heterocycles. The molecule has 0 amide bonds. The summed E-state index contributed by atoms with van der Waals surface area (Å²) in [4.78, 5) is 0. The number of hydrogen-bond acceptors (Lipinski definition) is 4. The summed E-state index contributed by atoms with van der Waals surface area (Å²) in [6.45, 7) is 3.85. The third-order valence-corrected chi connectivity index (χ3v) is 1.91. The third kappa shape index (κ3) is 3.10. The Bertz CT molecular complexity index is 232. The van der Waals surface area contributed by atoms with E-state index in [9.17, 15) is 0 Å². The fourth-order valence-corrected chi connectivity index (χ4v) is 1.19. The number of unbranched alkanes of at least 4 members (excludes halogenated alkanes) is 2. The van der Waals surface area contributed by atoms with Crippen molar-refractivity contribution in [1.82, 2.24) is 25.5 Å². The van der Waals surface area contributed by atoms with Gasteiger partial charge in [0.05, 0.1) is 6.54 Å². The van der Waals surface area contributed by atoms with Crippen LogP contribution < -0.4 is 5.32 Å². The van der Waals surface area contributed by atoms with Crippen molar-refractivity contribution in [3.8, 4) is 0 Å². The molecule has 5 heteroatoms. The molecule has 0 aromatic carbocycles. The van der Waals surface area contributed by atoms with E-state index in [0.717, 1.165) is 25.3 Å². The second-order valence-corrected chi connectivity index (χ2v) is 3.06. The second kappa shape index (κ2) is 5.64. The van der Waals surface area contributed by atoms with Crippen molar-refractivity contribution in [1.29, 1.82) is 0 Å². The van der Waals surface area contributed by atoms with E-state index in [1.807, 2.05) is 11.7 Å². The lowest BCUT2D eigenvalue weighted by Gasteiger charge is -2.02. The van der Waals surface area contributed by atoms with Gasteiger partial charge in [-0.05, 0) is 23.9 Å². The minimum absolute atomic E-state index is 0.735. The smallest absolute Gasteiger partial charge is 0.165 e. The van der Waals surface area contributed by atoms with Gasteiger partial charge in [-0.1, -0.05) is 19.8 Å². The molecule has 0 aliphatic carbocycles. The molecule has 1 rings (SSSR count). The van der Waals surface area contributed by atoms with E-state index < -0.39 is 0 Å². The average molecular weight is 183 g/mol. The fourth-order valence-electron chi connectivity index (χ4n) is 1.19. The number of aromatic nitrogens is 4. The molecule has 1 aromatic rings. The summed E-state index contributed by atoms with van der Waals surface area (Å²) in [5.41, 5.74) is 0. The van der Waals surface area contributed by atoms with Gasteiger partial charge in [-0.25, -0.2) is 4.68 Å². The van der Waals surface area contributed by atoms with Gasteiger partial charge in [-0.15, -0.1) is 5.10 Å². The Balaban J connectivity index is 2.40. The van der Waals surface area contributed by atoms with E-state index in [0.29, 0.717) is 0 Å². The van der Waals surface area contributed by atoms with Crippen molar-refractivity contribution in [2.75, 3.05) is 7.05 Å². The average Bonchev–Trinajstić information content (AvgIpc) is 2.54. The summed E-state index contributed by atoms with van der Waals surface area (Å²) in [5.74, 6) is 0.915. The highest BCUT2D eigenvalue weighted by atomic mass is 15.5. The first kappa shape index (κ1) is 10.1. The summed E-state index contributed by atoms with van der Waals surface area (Å²) in [7, 11) is 1.89. The topological polar surface area (TPSA) is 55.6 Å². The maximum atomic E-state index is 3.92. The molecule has 13 heavy (non-hydrogen) atoms. The van der Waals surface area contributed by atoms with Crippen LogP contribution in [-0.4, -0.2) is 27.3 Å². The van der Waals surface area contributed by atoms with Crippen molar-refractivity contribution < 1.29 is 0 Å². The number of rotatable bonds is 6. The zero-order valence-corrected chi connectivity index (χ0v) is 8.32. The Morgan fingerprint density at radius 1 is 1.38 bits per heavy atom. The molecular formula is C8H17N5. The van der Waals surface area contributed by atoms with Crippen molar-refractivity contribution >= 4 is 0 Å². The molecule has 0 saturated carbocycles. The molecule has 0 radical (unpaired) electrons. The van der Waals surface area contributed by atoms with E-state index in [2.05, 4.69) is 27.8 Å². The Kier molecular flexibility index (Phi) is 4.39. The number of tetrazole rings is 1. The molecule has 1 N–H and O–H groups in total. The molecule has 0 unspecified atom stereocenters. The monoisotopic (exact) mass is 183 g/mol. The lowest BCUT2D eigenvalue weighted by atomic mass is 10.2. The molecule has 0 aliphatic heterocycles.